The maximum Gasteiger partial charge on any atom is 0.254 e. The van der Waals surface area contributed by atoms with Gasteiger partial charge in [-0.1, -0.05) is 30.3 Å². The fourth-order valence-corrected chi connectivity index (χ4v) is 4.16. The van der Waals surface area contributed by atoms with E-state index < -0.39 is 0 Å². The van der Waals surface area contributed by atoms with Crippen molar-refractivity contribution in [2.75, 3.05) is 19.0 Å². The molecule has 184 valence electrons. The van der Waals surface area contributed by atoms with Crippen molar-refractivity contribution in [1.29, 1.82) is 0 Å². The van der Waals surface area contributed by atoms with Crippen LogP contribution in [0.4, 0.5) is 5.13 Å². The second-order valence-electron chi connectivity index (χ2n) is 8.32. The summed E-state index contributed by atoms with van der Waals surface area (Å²) in [5.41, 5.74) is 2.06. The second-order valence-corrected chi connectivity index (χ2v) is 9.18. The molecule has 2 aromatic carbocycles. The first-order valence-electron chi connectivity index (χ1n) is 11.3. The molecule has 1 unspecified atom stereocenters. The van der Waals surface area contributed by atoms with Crippen LogP contribution in [0.5, 0.6) is 5.75 Å². The monoisotopic (exact) mass is 494 g/mol. The van der Waals surface area contributed by atoms with E-state index in [1.165, 1.54) is 16.2 Å². The van der Waals surface area contributed by atoms with Crippen LogP contribution in [0.25, 0.3) is 0 Å². The number of methoxy groups -OCH3 is 1. The number of carbonyl (C=O) groups excluding carboxylic acids is 3. The Kier molecular flexibility index (Phi) is 8.97. The number of amides is 3. The summed E-state index contributed by atoms with van der Waals surface area (Å²) in [5.74, 6) is -0.107. The standard InChI is InChI=1S/C26H30N4O4S/c1-17(2)30(25(33)20-10-12-22(34-4)13-11-20)15-24(32)29-26-28-21(16-35-26)14-23(31)27-18(3)19-8-6-5-7-9-19/h5-13,16-18H,14-15H2,1-4H3,(H,27,31)(H,28,29,32). The molecule has 8 nitrogen and oxygen atoms in total. The SMILES string of the molecule is COc1ccc(C(=O)N(CC(=O)Nc2nc(CC(=O)NC(C)c3ccccc3)cs2)C(C)C)cc1. The molecule has 3 aromatic rings. The molecule has 1 heterocycles. The third-order valence-electron chi connectivity index (χ3n) is 5.35. The Labute approximate surface area is 209 Å². The van der Waals surface area contributed by atoms with Gasteiger partial charge in [-0.05, 0) is 50.6 Å². The molecule has 3 amide bonds. The number of benzene rings is 2. The van der Waals surface area contributed by atoms with Crippen LogP contribution in [0, 0.1) is 0 Å². The quantitative estimate of drug-likeness (QED) is 0.443. The minimum Gasteiger partial charge on any atom is -0.497 e. The molecule has 0 aliphatic rings. The van der Waals surface area contributed by atoms with Crippen LogP contribution >= 0.6 is 11.3 Å². The van der Waals surface area contributed by atoms with Gasteiger partial charge >= 0.3 is 0 Å². The molecular formula is C26H30N4O4S. The van der Waals surface area contributed by atoms with Gasteiger partial charge in [0.2, 0.25) is 11.8 Å². The van der Waals surface area contributed by atoms with E-state index >= 15 is 0 Å². The van der Waals surface area contributed by atoms with Crippen LogP contribution < -0.4 is 15.4 Å². The van der Waals surface area contributed by atoms with Crippen molar-refractivity contribution < 1.29 is 19.1 Å². The predicted octanol–water partition coefficient (Wildman–Crippen LogP) is 4.06. The zero-order chi connectivity index (χ0) is 25.4. The second kappa shape index (κ2) is 12.1. The maximum atomic E-state index is 12.9. The molecule has 0 saturated heterocycles. The van der Waals surface area contributed by atoms with Crippen molar-refractivity contribution in [3.8, 4) is 5.75 Å². The summed E-state index contributed by atoms with van der Waals surface area (Å²) in [6.45, 7) is 5.51. The van der Waals surface area contributed by atoms with Gasteiger partial charge in [0.15, 0.2) is 5.13 Å². The highest BCUT2D eigenvalue weighted by Crippen LogP contribution is 2.18. The van der Waals surface area contributed by atoms with E-state index in [0.29, 0.717) is 22.1 Å². The minimum absolute atomic E-state index is 0.109. The number of aromatic nitrogens is 1. The topological polar surface area (TPSA) is 101 Å². The molecule has 0 radical (unpaired) electrons. The lowest BCUT2D eigenvalue weighted by Crippen LogP contribution is -2.42. The third kappa shape index (κ3) is 7.38. The first kappa shape index (κ1) is 25.9. The van der Waals surface area contributed by atoms with Gasteiger partial charge in [-0.2, -0.15) is 0 Å². The highest BCUT2D eigenvalue weighted by molar-refractivity contribution is 7.13. The van der Waals surface area contributed by atoms with Gasteiger partial charge in [0, 0.05) is 17.0 Å². The lowest BCUT2D eigenvalue weighted by molar-refractivity contribution is -0.121. The number of hydrogen-bond donors (Lipinski definition) is 2. The smallest absolute Gasteiger partial charge is 0.254 e. The molecule has 0 spiro atoms. The Hall–Kier alpha value is -3.72. The molecule has 9 heteroatoms. The van der Waals surface area contributed by atoms with Gasteiger partial charge in [0.05, 0.1) is 25.3 Å². The number of rotatable bonds is 10. The molecule has 3 rings (SSSR count). The van der Waals surface area contributed by atoms with Crippen LogP contribution in [0.15, 0.2) is 60.0 Å². The van der Waals surface area contributed by atoms with Crippen LogP contribution in [0.3, 0.4) is 0 Å². The van der Waals surface area contributed by atoms with Crippen molar-refractivity contribution >= 4 is 34.2 Å². The van der Waals surface area contributed by atoms with Crippen LogP contribution in [-0.2, 0) is 16.0 Å². The van der Waals surface area contributed by atoms with Gasteiger partial charge < -0.3 is 20.3 Å². The summed E-state index contributed by atoms with van der Waals surface area (Å²) in [7, 11) is 1.56. The Morgan fingerprint density at radius 2 is 1.69 bits per heavy atom. The molecule has 0 aliphatic carbocycles. The lowest BCUT2D eigenvalue weighted by Gasteiger charge is -2.26. The highest BCUT2D eigenvalue weighted by atomic mass is 32.1. The normalized spacial score (nSPS) is 11.6. The fourth-order valence-electron chi connectivity index (χ4n) is 3.43. The highest BCUT2D eigenvalue weighted by Gasteiger charge is 2.22. The Balaban J connectivity index is 1.55. The summed E-state index contributed by atoms with van der Waals surface area (Å²) in [5, 5.41) is 7.81. The average Bonchev–Trinajstić information content (AvgIpc) is 3.28. The molecular weight excluding hydrogens is 464 g/mol. The fraction of sp³-hybridized carbons (Fsp3) is 0.308. The number of nitrogens with one attached hydrogen (secondary N) is 2. The summed E-state index contributed by atoms with van der Waals surface area (Å²) >= 11 is 1.24. The average molecular weight is 495 g/mol. The van der Waals surface area contributed by atoms with Crippen LogP contribution in [0.1, 0.15) is 48.4 Å². The summed E-state index contributed by atoms with van der Waals surface area (Å²) in [4.78, 5) is 43.9. The first-order valence-corrected chi connectivity index (χ1v) is 12.2. The van der Waals surface area contributed by atoms with E-state index in [9.17, 15) is 14.4 Å². The number of ether oxygens (including phenoxy) is 1. The molecule has 0 bridgehead atoms. The van der Waals surface area contributed by atoms with Gasteiger partial charge in [-0.3, -0.25) is 14.4 Å². The van der Waals surface area contributed by atoms with Gasteiger partial charge in [-0.15, -0.1) is 11.3 Å². The molecule has 2 N–H and O–H groups in total. The predicted molar refractivity (Wildman–Crippen MR) is 137 cm³/mol. The molecule has 0 fully saturated rings. The van der Waals surface area contributed by atoms with Gasteiger partial charge in [0.1, 0.15) is 12.3 Å². The minimum atomic E-state index is -0.358. The van der Waals surface area contributed by atoms with Crippen molar-refractivity contribution in [2.45, 2.75) is 39.3 Å². The van der Waals surface area contributed by atoms with Crippen LogP contribution in [-0.4, -0.2) is 47.3 Å². The number of nitrogens with zero attached hydrogens (tertiary/aromatic N) is 2. The molecule has 1 aromatic heterocycles. The maximum absolute atomic E-state index is 12.9. The van der Waals surface area contributed by atoms with Crippen LogP contribution in [0.2, 0.25) is 0 Å². The van der Waals surface area contributed by atoms with E-state index in [4.69, 9.17) is 4.74 Å². The Morgan fingerprint density at radius 3 is 2.31 bits per heavy atom. The first-order chi connectivity index (χ1) is 16.8. The number of carbonyl (C=O) groups is 3. The number of anilines is 1. The zero-order valence-electron chi connectivity index (χ0n) is 20.3. The van der Waals surface area contributed by atoms with Gasteiger partial charge in [0.25, 0.3) is 5.91 Å². The van der Waals surface area contributed by atoms with Crippen molar-refractivity contribution in [3.05, 3.63) is 76.8 Å². The Morgan fingerprint density at radius 1 is 1.00 bits per heavy atom. The molecule has 1 atom stereocenters. The van der Waals surface area contributed by atoms with Gasteiger partial charge in [-0.25, -0.2) is 4.98 Å². The third-order valence-corrected chi connectivity index (χ3v) is 6.16. The van der Waals surface area contributed by atoms with E-state index in [0.717, 1.165) is 5.56 Å². The largest absolute Gasteiger partial charge is 0.497 e. The van der Waals surface area contributed by atoms with E-state index in [1.807, 2.05) is 51.1 Å². The summed E-state index contributed by atoms with van der Waals surface area (Å²) in [6.07, 6.45) is 0.109. The van der Waals surface area contributed by atoms with E-state index in [-0.39, 0.29) is 42.8 Å². The van der Waals surface area contributed by atoms with E-state index in [2.05, 4.69) is 15.6 Å². The van der Waals surface area contributed by atoms with Crippen molar-refractivity contribution in [1.82, 2.24) is 15.2 Å². The lowest BCUT2D eigenvalue weighted by atomic mass is 10.1. The van der Waals surface area contributed by atoms with Crippen molar-refractivity contribution in [2.24, 2.45) is 0 Å². The number of thiazole rings is 1. The van der Waals surface area contributed by atoms with Crippen molar-refractivity contribution in [3.63, 3.8) is 0 Å². The number of hydrogen-bond acceptors (Lipinski definition) is 6. The Bertz CT molecular complexity index is 1150. The van der Waals surface area contributed by atoms with E-state index in [1.54, 1.807) is 36.8 Å². The molecule has 0 aliphatic heterocycles. The zero-order valence-corrected chi connectivity index (χ0v) is 21.1. The summed E-state index contributed by atoms with van der Waals surface area (Å²) in [6, 6.07) is 16.2. The molecule has 35 heavy (non-hydrogen) atoms. The summed E-state index contributed by atoms with van der Waals surface area (Å²) < 4.78 is 5.13. The molecule has 0 saturated carbocycles.